The maximum absolute atomic E-state index is 6.85. The Kier molecular flexibility index (Phi) is 8.80. The standard InChI is InChI=1S/C50H50N4O/c1-48(2,3)36-27-37(49(4,5)6)29-38(28-36)52-32-46(50(7,8)9)53(33-52)39-25-35(34-17-11-10-12-18-34)26-41(30-39)55-40-22-23-43-42-19-13-14-20-44(42)54(45(43)31-40)47-21-15-16-24-51-47/h10-32H,1-9H3. The molecule has 5 heteroatoms. The van der Waals surface area contributed by atoms with Crippen molar-refractivity contribution in [1.29, 1.82) is 0 Å². The molecule has 0 saturated heterocycles. The third-order valence-corrected chi connectivity index (χ3v) is 10.4. The van der Waals surface area contributed by atoms with Crippen molar-refractivity contribution in [2.45, 2.75) is 78.6 Å². The molecule has 0 spiro atoms. The summed E-state index contributed by atoms with van der Waals surface area (Å²) in [7, 11) is 0. The van der Waals surface area contributed by atoms with E-state index >= 15 is 0 Å². The van der Waals surface area contributed by atoms with Crippen LogP contribution in [0.25, 0.3) is 50.1 Å². The lowest BCUT2D eigenvalue weighted by Crippen LogP contribution is -2.30. The second kappa shape index (κ2) is 13.4. The molecule has 0 unspecified atom stereocenters. The van der Waals surface area contributed by atoms with Crippen molar-refractivity contribution in [3.8, 4) is 39.8 Å². The van der Waals surface area contributed by atoms with Crippen molar-refractivity contribution in [2.24, 2.45) is 0 Å². The molecular formula is C50H50N4O. The summed E-state index contributed by atoms with van der Waals surface area (Å²) >= 11 is 0. The number of benzene rings is 5. The molecule has 55 heavy (non-hydrogen) atoms. The van der Waals surface area contributed by atoms with Gasteiger partial charge in [-0.25, -0.2) is 4.98 Å². The molecule has 0 fully saturated rings. The SMILES string of the molecule is CC(C)(C)c1cc(-[n+]2[c-]n(-c3cc(Oc4ccc5c6ccccc6n(-c6ccccn6)c5c4)cc(-c4ccccc4)c3)c(C(C)(C)C)c2)cc(C(C)(C)C)c1. The van der Waals surface area contributed by atoms with E-state index < -0.39 is 0 Å². The second-order valence-corrected chi connectivity index (χ2v) is 17.7. The average Bonchev–Trinajstić information content (AvgIpc) is 3.75. The van der Waals surface area contributed by atoms with E-state index in [-0.39, 0.29) is 16.2 Å². The Morgan fingerprint density at radius 2 is 1.24 bits per heavy atom. The molecule has 0 aliphatic rings. The van der Waals surface area contributed by atoms with Crippen LogP contribution in [0.4, 0.5) is 0 Å². The Hall–Kier alpha value is -5.94. The highest BCUT2D eigenvalue weighted by Crippen LogP contribution is 2.38. The maximum Gasteiger partial charge on any atom is 0.269 e. The quantitative estimate of drug-likeness (QED) is 0.127. The molecule has 0 aliphatic carbocycles. The number of pyridine rings is 1. The van der Waals surface area contributed by atoms with E-state index in [0.717, 1.165) is 61.9 Å². The largest absolute Gasteiger partial charge is 0.458 e. The summed E-state index contributed by atoms with van der Waals surface area (Å²) in [6, 6.07) is 44.9. The maximum atomic E-state index is 6.85. The summed E-state index contributed by atoms with van der Waals surface area (Å²) in [5, 5.41) is 2.33. The molecule has 5 nitrogen and oxygen atoms in total. The topological polar surface area (TPSA) is 35.9 Å². The van der Waals surface area contributed by atoms with Crippen molar-refractivity contribution in [3.05, 3.63) is 163 Å². The molecule has 8 aromatic rings. The van der Waals surface area contributed by atoms with Gasteiger partial charge in [-0.15, -0.1) is 0 Å². The van der Waals surface area contributed by atoms with Gasteiger partial charge in [0.1, 0.15) is 17.3 Å². The van der Waals surface area contributed by atoms with Gasteiger partial charge >= 0.3 is 0 Å². The fourth-order valence-electron chi connectivity index (χ4n) is 7.30. The van der Waals surface area contributed by atoms with Gasteiger partial charge in [-0.1, -0.05) is 123 Å². The first-order valence-corrected chi connectivity index (χ1v) is 19.2. The third kappa shape index (κ3) is 7.07. The van der Waals surface area contributed by atoms with Crippen LogP contribution in [0.1, 0.15) is 79.1 Å². The molecule has 3 aromatic heterocycles. The first kappa shape index (κ1) is 36.1. The van der Waals surface area contributed by atoms with Crippen LogP contribution in [-0.4, -0.2) is 14.1 Å². The number of rotatable bonds is 6. The Morgan fingerprint density at radius 1 is 0.564 bits per heavy atom. The second-order valence-electron chi connectivity index (χ2n) is 17.7. The highest BCUT2D eigenvalue weighted by molar-refractivity contribution is 6.09. The number of nitrogens with zero attached hydrogens (tertiary/aromatic N) is 4. The molecule has 276 valence electrons. The molecule has 0 aliphatic heterocycles. The van der Waals surface area contributed by atoms with E-state index in [1.54, 1.807) is 0 Å². The minimum absolute atomic E-state index is 0.00274. The zero-order chi connectivity index (χ0) is 38.7. The van der Waals surface area contributed by atoms with Gasteiger partial charge in [-0.3, -0.25) is 13.7 Å². The third-order valence-electron chi connectivity index (χ3n) is 10.4. The van der Waals surface area contributed by atoms with E-state index in [4.69, 9.17) is 9.72 Å². The molecule has 5 aromatic carbocycles. The molecule has 3 heterocycles. The normalized spacial score (nSPS) is 12.5. The number of hydrogen-bond acceptors (Lipinski definition) is 2. The van der Waals surface area contributed by atoms with E-state index in [1.807, 2.05) is 24.4 Å². The molecule has 0 saturated carbocycles. The van der Waals surface area contributed by atoms with Crippen LogP contribution in [0.5, 0.6) is 11.5 Å². The number of imidazole rings is 1. The lowest BCUT2D eigenvalue weighted by atomic mass is 9.80. The van der Waals surface area contributed by atoms with Gasteiger partial charge in [0, 0.05) is 29.2 Å². The lowest BCUT2D eigenvalue weighted by Gasteiger charge is -2.26. The molecule has 0 atom stereocenters. The summed E-state index contributed by atoms with van der Waals surface area (Å²) in [6.07, 6.45) is 7.86. The predicted molar refractivity (Wildman–Crippen MR) is 226 cm³/mol. The van der Waals surface area contributed by atoms with Crippen LogP contribution in [-0.2, 0) is 16.2 Å². The number of para-hydroxylation sites is 1. The molecule has 0 radical (unpaired) electrons. The zero-order valence-corrected chi connectivity index (χ0v) is 33.5. The number of hydrogen-bond donors (Lipinski definition) is 0. The smallest absolute Gasteiger partial charge is 0.269 e. The molecular weight excluding hydrogens is 673 g/mol. The van der Waals surface area contributed by atoms with Gasteiger partial charge in [-0.05, 0) is 99.2 Å². The Morgan fingerprint density at radius 3 is 1.91 bits per heavy atom. The number of ether oxygens (including phenoxy) is 1. The van der Waals surface area contributed by atoms with Crippen LogP contribution in [0.2, 0.25) is 0 Å². The van der Waals surface area contributed by atoms with Crippen molar-refractivity contribution in [1.82, 2.24) is 14.1 Å². The van der Waals surface area contributed by atoms with Crippen molar-refractivity contribution in [3.63, 3.8) is 0 Å². The monoisotopic (exact) mass is 722 g/mol. The molecule has 8 rings (SSSR count). The average molecular weight is 723 g/mol. The van der Waals surface area contributed by atoms with Gasteiger partial charge in [0.05, 0.1) is 28.1 Å². The fourth-order valence-corrected chi connectivity index (χ4v) is 7.30. The zero-order valence-electron chi connectivity index (χ0n) is 33.5. The first-order chi connectivity index (χ1) is 26.1. The number of aromatic nitrogens is 4. The van der Waals surface area contributed by atoms with Gasteiger partial charge in [0.2, 0.25) is 0 Å². The van der Waals surface area contributed by atoms with Gasteiger partial charge < -0.3 is 4.74 Å². The van der Waals surface area contributed by atoms with Gasteiger partial charge in [0.15, 0.2) is 0 Å². The highest BCUT2D eigenvalue weighted by atomic mass is 16.5. The van der Waals surface area contributed by atoms with Crippen molar-refractivity contribution in [2.75, 3.05) is 0 Å². The van der Waals surface area contributed by atoms with E-state index in [0.29, 0.717) is 0 Å². The van der Waals surface area contributed by atoms with E-state index in [9.17, 15) is 0 Å². The molecule has 0 amide bonds. The minimum Gasteiger partial charge on any atom is -0.458 e. The summed E-state index contributed by atoms with van der Waals surface area (Å²) in [6.45, 7) is 20.5. The van der Waals surface area contributed by atoms with E-state index in [1.165, 1.54) is 16.5 Å². The van der Waals surface area contributed by atoms with Gasteiger partial charge in [-0.2, -0.15) is 0 Å². The lowest BCUT2D eigenvalue weighted by molar-refractivity contribution is -0.599. The van der Waals surface area contributed by atoms with Gasteiger partial charge in [0.25, 0.3) is 6.33 Å². The van der Waals surface area contributed by atoms with Crippen molar-refractivity contribution >= 4 is 21.8 Å². The van der Waals surface area contributed by atoms with Crippen LogP contribution in [0, 0.1) is 6.33 Å². The molecule has 0 N–H and O–H groups in total. The van der Waals surface area contributed by atoms with E-state index in [2.05, 4.69) is 198 Å². The number of fused-ring (bicyclic) bond motifs is 3. The fraction of sp³-hybridized carbons (Fsp3) is 0.240. The van der Waals surface area contributed by atoms with Crippen LogP contribution in [0.3, 0.4) is 0 Å². The Labute approximate surface area is 325 Å². The van der Waals surface area contributed by atoms with Crippen LogP contribution < -0.4 is 9.30 Å². The summed E-state index contributed by atoms with van der Waals surface area (Å²) in [5.74, 6) is 2.36. The summed E-state index contributed by atoms with van der Waals surface area (Å²) in [5.41, 5.74) is 9.99. The van der Waals surface area contributed by atoms with Crippen molar-refractivity contribution < 1.29 is 9.30 Å². The summed E-state index contributed by atoms with van der Waals surface area (Å²) < 4.78 is 13.4. The summed E-state index contributed by atoms with van der Waals surface area (Å²) in [4.78, 5) is 4.72. The predicted octanol–water partition coefficient (Wildman–Crippen LogP) is 12.4. The first-order valence-electron chi connectivity index (χ1n) is 19.2. The molecule has 0 bridgehead atoms. The minimum atomic E-state index is -0.177. The van der Waals surface area contributed by atoms with Crippen LogP contribution >= 0.6 is 0 Å². The highest BCUT2D eigenvalue weighted by Gasteiger charge is 2.25. The van der Waals surface area contributed by atoms with Crippen LogP contribution in [0.15, 0.2) is 140 Å². The Balaban J connectivity index is 1.29. The Bertz CT molecular complexity index is 2630.